The number of rotatable bonds is 11. The number of carbonyl (C=O) groups excluding carboxylic acids is 3. The summed E-state index contributed by atoms with van der Waals surface area (Å²) in [7, 11) is 2.75. The molecule has 1 amide bonds. The molecule has 9 rings (SSSR count). The van der Waals surface area contributed by atoms with Gasteiger partial charge in [-0.25, -0.2) is 9.59 Å². The Morgan fingerprint density at radius 1 is 0.744 bits per heavy atom. The number of amides is 1. The number of ether oxygens (including phenoxy) is 11. The van der Waals surface area contributed by atoms with E-state index in [1.165, 1.54) is 14.2 Å². The van der Waals surface area contributed by atoms with E-state index in [-0.39, 0.29) is 61.7 Å². The smallest absolute Gasteiger partial charge is 0.407 e. The van der Waals surface area contributed by atoms with Gasteiger partial charge in [-0.15, -0.1) is 0 Å². The molecule has 7 N–H and O–H groups in total. The lowest BCUT2D eigenvalue weighted by atomic mass is 9.49. The summed E-state index contributed by atoms with van der Waals surface area (Å²) in [5.41, 5.74) is -2.78. The Morgan fingerprint density at radius 2 is 1.40 bits per heavy atom. The third kappa shape index (κ3) is 11.8. The normalized spacial score (nSPS) is 48.1. The number of carbonyl (C=O) groups is 3. The number of hydrogen-bond donors (Lipinski definition) is 7. The van der Waals surface area contributed by atoms with E-state index >= 15 is 4.79 Å². The van der Waals surface area contributed by atoms with E-state index in [1.54, 1.807) is 33.8 Å². The molecular weight excluding hydrogens is 1070 g/mol. The number of alkyl carbamates (subject to hydrolysis) is 1. The third-order valence-corrected chi connectivity index (χ3v) is 19.9. The first kappa shape index (κ1) is 62.9. The molecule has 5 heterocycles. The van der Waals surface area contributed by atoms with E-state index in [0.29, 0.717) is 30.4 Å². The highest BCUT2D eigenvalue weighted by atomic mass is 16.8. The van der Waals surface area contributed by atoms with Crippen molar-refractivity contribution in [3.05, 3.63) is 58.4 Å². The van der Waals surface area contributed by atoms with Gasteiger partial charge in [-0.05, 0) is 95.1 Å². The Hall–Kier alpha value is -3.65. The summed E-state index contributed by atoms with van der Waals surface area (Å²) in [6.45, 7) is 20.3. The minimum absolute atomic E-state index is 0.0183. The molecule has 4 aliphatic carbocycles. The number of esters is 1. The van der Waals surface area contributed by atoms with Gasteiger partial charge in [-0.2, -0.15) is 0 Å². The topological polar surface area (TPSA) is 286 Å². The number of ketones is 1. The van der Waals surface area contributed by atoms with E-state index in [2.05, 4.69) is 25.2 Å². The highest BCUT2D eigenvalue weighted by Gasteiger charge is 2.64. The highest BCUT2D eigenvalue weighted by molar-refractivity contribution is 6.26. The second-order valence-electron chi connectivity index (χ2n) is 25.8. The van der Waals surface area contributed by atoms with Crippen LogP contribution in [0.25, 0.3) is 0 Å². The average Bonchev–Trinajstić information content (AvgIpc) is 3.56. The molecule has 0 aromatic heterocycles. The molecule has 0 aromatic carbocycles. The number of hydrogen-bond acceptors (Lipinski definition) is 20. The van der Waals surface area contributed by atoms with Crippen LogP contribution in [0.15, 0.2) is 58.4 Å². The van der Waals surface area contributed by atoms with Crippen LogP contribution in [0, 0.1) is 52.8 Å². The van der Waals surface area contributed by atoms with Gasteiger partial charge >= 0.3 is 12.1 Å². The van der Waals surface area contributed by atoms with E-state index < -0.39 is 162 Å². The minimum atomic E-state index is -1.77. The van der Waals surface area contributed by atoms with Crippen LogP contribution in [-0.2, 0) is 61.7 Å². The van der Waals surface area contributed by atoms with Gasteiger partial charge in [-0.3, -0.25) is 4.79 Å². The molecule has 21 nitrogen and oxygen atoms in total. The summed E-state index contributed by atoms with van der Waals surface area (Å²) in [6.07, 6.45) is -1.46. The molecule has 1 spiro atoms. The zero-order chi connectivity index (χ0) is 59.7. The lowest BCUT2D eigenvalue weighted by Gasteiger charge is -2.56. The summed E-state index contributed by atoms with van der Waals surface area (Å²) in [5.74, 6) is -4.97. The fourth-order valence-electron chi connectivity index (χ4n) is 15.6. The monoisotopic (exact) mass is 1160 g/mol. The Labute approximate surface area is 481 Å². The standard InChI is InChI=1S/C61H91NO20/c1-27-14-17-41(77-46-25-59(10,71)53(35(9)76-46)62-58(70)73-13)28(2)19-37-21-36(26-63)32(6)24-61(37)55(67)47(56(68)82-61)54(66)60(11)39(27)16-15-38-48(60)29(3)18-30(4)50(38)79-45-23-42(49(65)33(7)74-45)78-43-20-31(5)51(57(69)81-43)80-44-22-40(64)52(72-12)34(8)75-44/h14-16,19,21,29-35,37-46,48-53,57,63-66,69,71H,17-18,20,22-26H2,1-13H3,(H,62,70)/t29-,30-,31+,32+,33-,34-,35+,37+,38-,39-,40+,41-,42+,43-,44-,45-,46-,48+,49-,50-,51-,52-,53-,57+,59-,60+,61-/m0/s1. The molecule has 9 aliphatic rings. The molecule has 5 aliphatic heterocycles. The van der Waals surface area contributed by atoms with Crippen molar-refractivity contribution < 1.29 is 97.1 Å². The average molecular weight is 1160 g/mol. The Kier molecular flexibility index (Phi) is 18.9. The molecule has 6 fully saturated rings. The molecule has 2 bridgehead atoms. The van der Waals surface area contributed by atoms with Gasteiger partial charge in [0.25, 0.3) is 0 Å². The zero-order valence-electron chi connectivity index (χ0n) is 49.8. The van der Waals surface area contributed by atoms with Gasteiger partial charge in [-0.1, -0.05) is 70.6 Å². The van der Waals surface area contributed by atoms with Gasteiger partial charge in [0.1, 0.15) is 29.6 Å². The van der Waals surface area contributed by atoms with Crippen LogP contribution in [0.5, 0.6) is 0 Å². The maximum Gasteiger partial charge on any atom is 0.407 e. The van der Waals surface area contributed by atoms with Crippen LogP contribution in [0.1, 0.15) is 121 Å². The summed E-state index contributed by atoms with van der Waals surface area (Å²) in [6, 6.07) is -0.817. The van der Waals surface area contributed by atoms with Crippen LogP contribution in [0.2, 0.25) is 0 Å². The number of aliphatic hydroxyl groups is 6. The highest BCUT2D eigenvalue weighted by Crippen LogP contribution is 2.61. The Balaban J connectivity index is 1.00. The SMILES string of the molecule is COC(=O)N[C@H]1[C@@H](C)O[C@@H](O[C@H]2CC=C(C)[C@@H]3C=C[C@@H]4[C@@H](O[C@H]5C[C@@H](O[C@@H]6C[C@@H](C)[C@H](O[C@H]7C[C@@H](O)[C@@H](OC)[C@H](C)O7)[C@H](O)O6)[C@@H](O)[C@H](C)O5)[C@@H](C)C[C@H](C)[C@H]4[C@]3(C)C(O)=C3C(=O)O[C@]4(C[C@@H](C)C(CO)=C[C@H]4C=C2C)C3=O)C[C@]1(C)O. The van der Waals surface area contributed by atoms with Gasteiger partial charge < -0.3 is 88.1 Å². The van der Waals surface area contributed by atoms with Gasteiger partial charge in [0.15, 0.2) is 37.1 Å². The predicted molar refractivity (Wildman–Crippen MR) is 292 cm³/mol. The van der Waals surface area contributed by atoms with E-state index in [0.717, 1.165) is 5.57 Å². The number of methoxy groups -OCH3 is 2. The lowest BCUT2D eigenvalue weighted by molar-refractivity contribution is -0.358. The van der Waals surface area contributed by atoms with Crippen molar-refractivity contribution in [3.8, 4) is 0 Å². The van der Waals surface area contributed by atoms with Crippen molar-refractivity contribution in [2.24, 2.45) is 52.8 Å². The molecule has 0 unspecified atom stereocenters. The summed E-state index contributed by atoms with van der Waals surface area (Å²) < 4.78 is 67.8. The molecule has 460 valence electrons. The van der Waals surface area contributed by atoms with Crippen LogP contribution >= 0.6 is 0 Å². The largest absolute Gasteiger partial charge is 0.511 e. The maximum absolute atomic E-state index is 15.5. The molecular formula is C61H91NO20. The second-order valence-corrected chi connectivity index (χ2v) is 25.8. The Bertz CT molecular complexity index is 2490. The summed E-state index contributed by atoms with van der Waals surface area (Å²) in [5, 5.41) is 71.7. The summed E-state index contributed by atoms with van der Waals surface area (Å²) in [4.78, 5) is 42.5. The van der Waals surface area contributed by atoms with Crippen LogP contribution in [0.4, 0.5) is 4.79 Å². The molecule has 0 radical (unpaired) electrons. The van der Waals surface area contributed by atoms with Crippen molar-refractivity contribution in [3.63, 3.8) is 0 Å². The quantitative estimate of drug-likeness (QED) is 0.0764. The molecule has 0 aromatic rings. The van der Waals surface area contributed by atoms with Crippen molar-refractivity contribution >= 4 is 17.8 Å². The van der Waals surface area contributed by atoms with Crippen molar-refractivity contribution in [1.29, 1.82) is 0 Å². The third-order valence-electron chi connectivity index (χ3n) is 19.9. The first-order chi connectivity index (χ1) is 38.6. The Morgan fingerprint density at radius 3 is 2.06 bits per heavy atom. The number of Topliss-reactive ketones (excluding diaryl/α,β-unsaturated/α-hetero) is 1. The molecule has 82 heavy (non-hydrogen) atoms. The van der Waals surface area contributed by atoms with Crippen LogP contribution in [-0.4, -0.2) is 179 Å². The zero-order valence-corrected chi connectivity index (χ0v) is 49.8. The van der Waals surface area contributed by atoms with Crippen molar-refractivity contribution in [2.45, 2.75) is 231 Å². The number of aliphatic hydroxyl groups excluding tert-OH is 5. The number of nitrogens with one attached hydrogen (secondary N) is 1. The van der Waals surface area contributed by atoms with Crippen molar-refractivity contribution in [2.75, 3.05) is 20.8 Å². The molecule has 1 saturated carbocycles. The summed E-state index contributed by atoms with van der Waals surface area (Å²) >= 11 is 0. The van der Waals surface area contributed by atoms with E-state index in [4.69, 9.17) is 52.1 Å². The van der Waals surface area contributed by atoms with Crippen LogP contribution < -0.4 is 5.32 Å². The molecule has 21 heteroatoms. The fourth-order valence-corrected chi connectivity index (χ4v) is 15.6. The first-order valence-corrected chi connectivity index (χ1v) is 29.6. The van der Waals surface area contributed by atoms with Gasteiger partial charge in [0.2, 0.25) is 5.78 Å². The van der Waals surface area contributed by atoms with Crippen molar-refractivity contribution in [1.82, 2.24) is 5.32 Å². The van der Waals surface area contributed by atoms with Gasteiger partial charge in [0.05, 0.1) is 68.1 Å². The predicted octanol–water partition coefficient (Wildman–Crippen LogP) is 5.49. The fraction of sp³-hybridized carbons (Fsp3) is 0.787. The molecule has 27 atom stereocenters. The van der Waals surface area contributed by atoms with Crippen LogP contribution in [0.3, 0.4) is 0 Å². The number of fused-ring (bicyclic) bond motifs is 4. The maximum atomic E-state index is 15.5. The lowest BCUT2D eigenvalue weighted by Crippen LogP contribution is -2.62. The number of allylic oxidation sites excluding steroid dienone is 3. The molecule has 5 saturated heterocycles. The second kappa shape index (κ2) is 24.6. The minimum Gasteiger partial charge on any atom is -0.511 e. The first-order valence-electron chi connectivity index (χ1n) is 29.6. The van der Waals surface area contributed by atoms with Gasteiger partial charge in [0, 0.05) is 62.4 Å². The van der Waals surface area contributed by atoms with E-state index in [9.17, 15) is 40.2 Å². The van der Waals surface area contributed by atoms with E-state index in [1.807, 2.05) is 52.8 Å².